The average Bonchev–Trinajstić information content (AvgIpc) is 2.76. The van der Waals surface area contributed by atoms with Crippen LogP contribution in [-0.4, -0.2) is 16.6 Å². The van der Waals surface area contributed by atoms with Gasteiger partial charge in [0.15, 0.2) is 0 Å². The Bertz CT molecular complexity index is 550. The molecule has 0 aliphatic heterocycles. The Kier molecular flexibility index (Phi) is 4.24. The number of hydrogen-bond donors (Lipinski definition) is 3. The van der Waals surface area contributed by atoms with E-state index in [4.69, 9.17) is 0 Å². The average molecular weight is 268 g/mol. The third kappa shape index (κ3) is 3.49. The highest BCUT2D eigenvalue weighted by Crippen LogP contribution is 2.12. The van der Waals surface area contributed by atoms with Crippen LogP contribution in [0.25, 0.3) is 0 Å². The molecule has 6 heteroatoms. The van der Waals surface area contributed by atoms with E-state index in [1.165, 1.54) is 12.1 Å². The summed E-state index contributed by atoms with van der Waals surface area (Å²) in [7, 11) is 0. The van der Waals surface area contributed by atoms with Crippen molar-refractivity contribution in [2.45, 2.75) is 12.6 Å². The molecule has 18 heavy (non-hydrogen) atoms. The molecule has 1 atom stereocenters. The van der Waals surface area contributed by atoms with Gasteiger partial charge in [-0.3, -0.25) is 4.79 Å². The molecule has 0 bridgehead atoms. The van der Waals surface area contributed by atoms with Crippen LogP contribution < -0.4 is 10.2 Å². The van der Waals surface area contributed by atoms with Gasteiger partial charge in [-0.2, -0.15) is 0 Å². The second-order valence-corrected chi connectivity index (χ2v) is 4.71. The Balaban J connectivity index is 1.83. The van der Waals surface area contributed by atoms with Gasteiger partial charge < -0.3 is 15.4 Å². The maximum atomic E-state index is 12.7. The van der Waals surface area contributed by atoms with E-state index in [9.17, 15) is 14.3 Å². The number of H-pyrrole nitrogens is 1. The monoisotopic (exact) mass is 268 g/mol. The van der Waals surface area contributed by atoms with Crippen molar-refractivity contribution in [1.82, 2.24) is 10.3 Å². The van der Waals surface area contributed by atoms with Gasteiger partial charge in [0, 0.05) is 24.2 Å². The van der Waals surface area contributed by atoms with E-state index in [2.05, 4.69) is 10.3 Å². The van der Waals surface area contributed by atoms with Crippen LogP contribution in [0, 0.1) is 5.82 Å². The highest BCUT2D eigenvalue weighted by atomic mass is 32.1. The molecule has 0 fully saturated rings. The van der Waals surface area contributed by atoms with Gasteiger partial charge in [-0.05, 0) is 17.7 Å². The molecule has 1 unspecified atom stereocenters. The summed E-state index contributed by atoms with van der Waals surface area (Å²) in [5, 5.41) is 14.6. The SMILES string of the molecule is O=c1[nH]c(CNCC(O)c2ccc(F)cc2)cs1. The van der Waals surface area contributed by atoms with Crippen molar-refractivity contribution in [3.63, 3.8) is 0 Å². The number of halogens is 1. The molecule has 0 saturated carbocycles. The van der Waals surface area contributed by atoms with Crippen molar-refractivity contribution < 1.29 is 9.50 Å². The number of aromatic amines is 1. The molecular formula is C12H13FN2O2S. The third-order valence-electron chi connectivity index (χ3n) is 2.48. The summed E-state index contributed by atoms with van der Waals surface area (Å²) in [6.07, 6.45) is -0.698. The summed E-state index contributed by atoms with van der Waals surface area (Å²) < 4.78 is 12.7. The van der Waals surface area contributed by atoms with E-state index in [1.807, 2.05) is 0 Å². The van der Waals surface area contributed by atoms with E-state index >= 15 is 0 Å². The Morgan fingerprint density at radius 1 is 1.39 bits per heavy atom. The first-order valence-electron chi connectivity index (χ1n) is 5.46. The zero-order chi connectivity index (χ0) is 13.0. The predicted molar refractivity (Wildman–Crippen MR) is 68.0 cm³/mol. The maximum absolute atomic E-state index is 12.7. The van der Waals surface area contributed by atoms with Gasteiger partial charge in [-0.25, -0.2) is 4.39 Å². The fourth-order valence-corrected chi connectivity index (χ4v) is 2.13. The molecule has 0 radical (unpaired) electrons. The molecule has 1 heterocycles. The molecule has 1 aromatic heterocycles. The van der Waals surface area contributed by atoms with Crippen LogP contribution in [0.2, 0.25) is 0 Å². The van der Waals surface area contributed by atoms with Crippen LogP contribution in [0.15, 0.2) is 34.4 Å². The number of aliphatic hydroxyl groups excluding tert-OH is 1. The van der Waals surface area contributed by atoms with Crippen LogP contribution in [0.4, 0.5) is 4.39 Å². The van der Waals surface area contributed by atoms with Gasteiger partial charge in [-0.15, -0.1) is 0 Å². The Hall–Kier alpha value is -1.50. The summed E-state index contributed by atoms with van der Waals surface area (Å²) in [5.74, 6) is -0.324. The second-order valence-electron chi connectivity index (χ2n) is 3.87. The van der Waals surface area contributed by atoms with E-state index in [0.29, 0.717) is 18.7 Å². The Labute approximate surface area is 107 Å². The van der Waals surface area contributed by atoms with Gasteiger partial charge in [0.1, 0.15) is 5.82 Å². The zero-order valence-corrected chi connectivity index (χ0v) is 10.3. The minimum absolute atomic E-state index is 0.0918. The first-order chi connectivity index (χ1) is 8.65. The number of hydrogen-bond acceptors (Lipinski definition) is 4. The molecule has 96 valence electrons. The topological polar surface area (TPSA) is 65.1 Å². The predicted octanol–water partition coefficient (Wildman–Crippen LogP) is 1.40. The van der Waals surface area contributed by atoms with Crippen molar-refractivity contribution in [1.29, 1.82) is 0 Å². The lowest BCUT2D eigenvalue weighted by molar-refractivity contribution is 0.174. The summed E-state index contributed by atoms with van der Waals surface area (Å²) in [6.45, 7) is 0.820. The van der Waals surface area contributed by atoms with Crippen LogP contribution >= 0.6 is 11.3 Å². The lowest BCUT2D eigenvalue weighted by atomic mass is 10.1. The Morgan fingerprint density at radius 3 is 2.72 bits per heavy atom. The summed E-state index contributed by atoms with van der Waals surface area (Å²) in [5.41, 5.74) is 1.44. The van der Waals surface area contributed by atoms with Gasteiger partial charge in [0.2, 0.25) is 0 Å². The number of benzene rings is 1. The lowest BCUT2D eigenvalue weighted by Gasteiger charge is -2.11. The molecule has 3 N–H and O–H groups in total. The second kappa shape index (κ2) is 5.90. The molecule has 4 nitrogen and oxygen atoms in total. The molecule has 0 amide bonds. The van der Waals surface area contributed by atoms with Gasteiger partial charge in [0.25, 0.3) is 0 Å². The number of aromatic nitrogens is 1. The third-order valence-corrected chi connectivity index (χ3v) is 3.20. The molecule has 0 aliphatic carbocycles. The van der Waals surface area contributed by atoms with Crippen molar-refractivity contribution in [3.8, 4) is 0 Å². The number of rotatable bonds is 5. The van der Waals surface area contributed by atoms with E-state index in [-0.39, 0.29) is 10.7 Å². The normalized spacial score (nSPS) is 12.6. The lowest BCUT2D eigenvalue weighted by Crippen LogP contribution is -2.21. The minimum atomic E-state index is -0.698. The minimum Gasteiger partial charge on any atom is -0.387 e. The van der Waals surface area contributed by atoms with Crippen molar-refractivity contribution in [2.75, 3.05) is 6.54 Å². The largest absolute Gasteiger partial charge is 0.387 e. The molecule has 2 rings (SSSR count). The standard InChI is InChI=1S/C12H13FN2O2S/c13-9-3-1-8(2-4-9)11(16)6-14-5-10-7-18-12(17)15-10/h1-4,7,11,14,16H,5-6H2,(H,15,17). The zero-order valence-electron chi connectivity index (χ0n) is 9.52. The summed E-state index contributed by atoms with van der Waals surface area (Å²) >= 11 is 1.11. The summed E-state index contributed by atoms with van der Waals surface area (Å²) in [4.78, 5) is 13.5. The van der Waals surface area contributed by atoms with Gasteiger partial charge in [0.05, 0.1) is 6.10 Å². The van der Waals surface area contributed by atoms with Gasteiger partial charge in [-0.1, -0.05) is 23.5 Å². The Morgan fingerprint density at radius 2 is 2.11 bits per heavy atom. The number of thiazole rings is 1. The van der Waals surface area contributed by atoms with Crippen molar-refractivity contribution in [3.05, 3.63) is 56.4 Å². The highest BCUT2D eigenvalue weighted by molar-refractivity contribution is 7.07. The van der Waals surface area contributed by atoms with E-state index < -0.39 is 6.10 Å². The highest BCUT2D eigenvalue weighted by Gasteiger charge is 2.07. The van der Waals surface area contributed by atoms with Crippen molar-refractivity contribution >= 4 is 11.3 Å². The summed E-state index contributed by atoms with van der Waals surface area (Å²) in [6, 6.07) is 5.73. The molecule has 0 aliphatic rings. The molecule has 0 spiro atoms. The quantitative estimate of drug-likeness (QED) is 0.768. The molecular weight excluding hydrogens is 255 g/mol. The molecule has 0 saturated heterocycles. The molecule has 1 aromatic carbocycles. The van der Waals surface area contributed by atoms with Crippen LogP contribution in [-0.2, 0) is 6.54 Å². The van der Waals surface area contributed by atoms with Crippen LogP contribution in [0.5, 0.6) is 0 Å². The first kappa shape index (κ1) is 12.9. The smallest absolute Gasteiger partial charge is 0.304 e. The van der Waals surface area contributed by atoms with Gasteiger partial charge >= 0.3 is 4.87 Å². The van der Waals surface area contributed by atoms with Crippen LogP contribution in [0.3, 0.4) is 0 Å². The fourth-order valence-electron chi connectivity index (χ4n) is 1.55. The number of nitrogens with one attached hydrogen (secondary N) is 2. The molecule has 2 aromatic rings. The van der Waals surface area contributed by atoms with Crippen molar-refractivity contribution in [2.24, 2.45) is 0 Å². The maximum Gasteiger partial charge on any atom is 0.304 e. The van der Waals surface area contributed by atoms with E-state index in [0.717, 1.165) is 17.0 Å². The van der Waals surface area contributed by atoms with E-state index in [1.54, 1.807) is 17.5 Å². The first-order valence-corrected chi connectivity index (χ1v) is 6.34. The number of aliphatic hydroxyl groups is 1. The van der Waals surface area contributed by atoms with Crippen LogP contribution in [0.1, 0.15) is 17.4 Å². The fraction of sp³-hybridized carbons (Fsp3) is 0.250.